The number of benzene rings is 1. The molecule has 6 nitrogen and oxygen atoms in total. The molecular weight excluding hydrogens is 302 g/mol. The van der Waals surface area contributed by atoms with E-state index in [4.69, 9.17) is 4.74 Å². The summed E-state index contributed by atoms with van der Waals surface area (Å²) in [7, 11) is -5.31. The lowest BCUT2D eigenvalue weighted by Crippen LogP contribution is -2.26. The fourth-order valence-corrected chi connectivity index (χ4v) is 3.20. The lowest BCUT2D eigenvalue weighted by molar-refractivity contribution is 0.215. The minimum atomic E-state index is -3.59. The molecule has 0 aliphatic carbocycles. The molecule has 1 aromatic carbocycles. The minimum Gasteiger partial charge on any atom is -0.488 e. The molecule has 1 unspecified atom stereocenters. The third kappa shape index (κ3) is 4.46. The van der Waals surface area contributed by atoms with E-state index >= 15 is 0 Å². The van der Waals surface area contributed by atoms with Gasteiger partial charge in [-0.1, -0.05) is 0 Å². The highest BCUT2D eigenvalue weighted by Crippen LogP contribution is 2.27. The summed E-state index contributed by atoms with van der Waals surface area (Å²) < 4.78 is 52.1. The molecule has 20 heavy (non-hydrogen) atoms. The maximum absolute atomic E-state index is 11.8. The van der Waals surface area contributed by atoms with Gasteiger partial charge < -0.3 is 10.1 Å². The van der Waals surface area contributed by atoms with E-state index in [2.05, 4.69) is 5.32 Å². The Labute approximate surface area is 120 Å². The molecule has 0 heterocycles. The van der Waals surface area contributed by atoms with Gasteiger partial charge in [0.05, 0.1) is 4.90 Å². The van der Waals surface area contributed by atoms with Gasteiger partial charge in [0.15, 0.2) is 19.7 Å². The summed E-state index contributed by atoms with van der Waals surface area (Å²) in [4.78, 5) is -0.171. The molecule has 0 aliphatic rings. The quantitative estimate of drug-likeness (QED) is 0.820. The second kappa shape index (κ2) is 6.11. The summed E-state index contributed by atoms with van der Waals surface area (Å²) in [5.41, 5.74) is 0. The molecule has 1 atom stereocenters. The van der Waals surface area contributed by atoms with Gasteiger partial charge in [-0.05, 0) is 32.2 Å². The lowest BCUT2D eigenvalue weighted by atomic mass is 10.3. The lowest BCUT2D eigenvalue weighted by Gasteiger charge is -2.17. The van der Waals surface area contributed by atoms with Crippen LogP contribution in [0.4, 0.5) is 0 Å². The molecule has 0 bridgehead atoms. The van der Waals surface area contributed by atoms with Gasteiger partial charge in [0.1, 0.15) is 16.7 Å². The zero-order chi connectivity index (χ0) is 15.6. The third-order valence-corrected chi connectivity index (χ3v) is 4.79. The topological polar surface area (TPSA) is 89.5 Å². The molecule has 1 N–H and O–H groups in total. The number of nitrogens with one attached hydrogen (secondary N) is 1. The molecule has 0 amide bonds. The molecule has 8 heteroatoms. The van der Waals surface area contributed by atoms with Crippen molar-refractivity contribution >= 4 is 19.7 Å². The average molecular weight is 321 g/mol. The van der Waals surface area contributed by atoms with Gasteiger partial charge in [-0.2, -0.15) is 0 Å². The summed E-state index contributed by atoms with van der Waals surface area (Å²) >= 11 is 0. The third-order valence-electron chi connectivity index (χ3n) is 2.56. The van der Waals surface area contributed by atoms with E-state index in [1.165, 1.54) is 12.1 Å². The van der Waals surface area contributed by atoms with Crippen molar-refractivity contribution in [2.24, 2.45) is 0 Å². The van der Waals surface area contributed by atoms with E-state index in [0.717, 1.165) is 18.6 Å². The summed E-state index contributed by atoms with van der Waals surface area (Å²) in [5, 5.41) is 2.91. The molecule has 0 saturated carbocycles. The highest BCUT2D eigenvalue weighted by Gasteiger charge is 2.20. The van der Waals surface area contributed by atoms with Crippen LogP contribution >= 0.6 is 0 Å². The Balaban J connectivity index is 3.33. The summed E-state index contributed by atoms with van der Waals surface area (Å²) in [6, 6.07) is 3.84. The van der Waals surface area contributed by atoms with Crippen LogP contribution in [-0.2, 0) is 19.7 Å². The van der Waals surface area contributed by atoms with Gasteiger partial charge in [0, 0.05) is 19.1 Å². The fourth-order valence-electron chi connectivity index (χ4n) is 1.65. The van der Waals surface area contributed by atoms with Gasteiger partial charge in [-0.25, -0.2) is 16.8 Å². The molecule has 0 spiro atoms. The first kappa shape index (κ1) is 16.9. The summed E-state index contributed by atoms with van der Waals surface area (Å²) in [6.07, 6.45) is 1.80. The van der Waals surface area contributed by atoms with Crippen molar-refractivity contribution in [3.8, 4) is 5.75 Å². The van der Waals surface area contributed by atoms with Crippen molar-refractivity contribution in [3.05, 3.63) is 18.2 Å². The first-order valence-corrected chi connectivity index (χ1v) is 9.69. The first-order chi connectivity index (χ1) is 9.05. The van der Waals surface area contributed by atoms with Crippen molar-refractivity contribution in [1.82, 2.24) is 5.32 Å². The Hall–Kier alpha value is -1.12. The van der Waals surface area contributed by atoms with Crippen LogP contribution in [-0.4, -0.2) is 49.0 Å². The van der Waals surface area contributed by atoms with E-state index in [1.54, 1.807) is 14.0 Å². The van der Waals surface area contributed by atoms with Crippen LogP contribution in [0.3, 0.4) is 0 Å². The first-order valence-electron chi connectivity index (χ1n) is 5.91. The number of sulfone groups is 2. The molecule has 0 aliphatic heterocycles. The largest absolute Gasteiger partial charge is 0.488 e. The van der Waals surface area contributed by atoms with Crippen LogP contribution in [0.1, 0.15) is 6.92 Å². The molecule has 1 rings (SSSR count). The number of rotatable bonds is 6. The monoisotopic (exact) mass is 321 g/mol. The summed E-state index contributed by atoms with van der Waals surface area (Å²) in [6.45, 7) is 2.32. The number of hydrogen-bond acceptors (Lipinski definition) is 6. The predicted octanol–water partition coefficient (Wildman–Crippen LogP) is 0.480. The van der Waals surface area contributed by atoms with Crippen molar-refractivity contribution in [3.63, 3.8) is 0 Å². The molecule has 0 fully saturated rings. The number of ether oxygens (including phenoxy) is 1. The highest BCUT2D eigenvalue weighted by molar-refractivity contribution is 7.91. The molecular formula is C12H19NO5S2. The van der Waals surface area contributed by atoms with Gasteiger partial charge in [-0.3, -0.25) is 0 Å². The van der Waals surface area contributed by atoms with Crippen LogP contribution in [0, 0.1) is 0 Å². The predicted molar refractivity (Wildman–Crippen MR) is 76.7 cm³/mol. The van der Waals surface area contributed by atoms with E-state index in [0.29, 0.717) is 6.54 Å². The number of likely N-dealkylation sites (N-methyl/N-ethyl adjacent to an activating group) is 1. The standard InChI is InChI=1S/C12H19NO5S2/c1-9(8-13-2)18-11-6-5-10(19(3,14)15)7-12(11)20(4,16)17/h5-7,9,13H,8H2,1-4H3. The Kier molecular flexibility index (Phi) is 5.17. The maximum Gasteiger partial charge on any atom is 0.179 e. The van der Waals surface area contributed by atoms with Gasteiger partial charge in [-0.15, -0.1) is 0 Å². The minimum absolute atomic E-state index is 0.0495. The fraction of sp³-hybridized carbons (Fsp3) is 0.500. The molecule has 0 radical (unpaired) electrons. The smallest absolute Gasteiger partial charge is 0.179 e. The Bertz CT molecular complexity index is 680. The van der Waals surface area contributed by atoms with Gasteiger partial charge in [0.2, 0.25) is 0 Å². The van der Waals surface area contributed by atoms with Gasteiger partial charge >= 0.3 is 0 Å². The average Bonchev–Trinajstić information content (AvgIpc) is 2.26. The number of hydrogen-bond donors (Lipinski definition) is 1. The normalized spacial score (nSPS) is 14.0. The zero-order valence-corrected chi connectivity index (χ0v) is 13.5. The van der Waals surface area contributed by atoms with E-state index < -0.39 is 19.7 Å². The second-order valence-corrected chi connectivity index (χ2v) is 8.64. The molecule has 0 aromatic heterocycles. The van der Waals surface area contributed by atoms with Crippen LogP contribution in [0.5, 0.6) is 5.75 Å². The SMILES string of the molecule is CNCC(C)Oc1ccc(S(C)(=O)=O)cc1S(C)(=O)=O. The Morgan fingerprint density at radius 1 is 1.15 bits per heavy atom. The van der Waals surface area contributed by atoms with E-state index in [1.807, 2.05) is 0 Å². The van der Waals surface area contributed by atoms with Crippen molar-refractivity contribution < 1.29 is 21.6 Å². The van der Waals surface area contributed by atoms with Crippen LogP contribution in [0.25, 0.3) is 0 Å². The van der Waals surface area contributed by atoms with Crippen molar-refractivity contribution in [2.45, 2.75) is 22.8 Å². The second-order valence-electron chi connectivity index (χ2n) is 4.64. The molecule has 114 valence electrons. The molecule has 1 aromatic rings. The molecule has 0 saturated heterocycles. The van der Waals surface area contributed by atoms with Gasteiger partial charge in [0.25, 0.3) is 0 Å². The highest BCUT2D eigenvalue weighted by atomic mass is 32.2. The van der Waals surface area contributed by atoms with Crippen molar-refractivity contribution in [1.29, 1.82) is 0 Å². The maximum atomic E-state index is 11.8. The van der Waals surface area contributed by atoms with Crippen LogP contribution in [0.2, 0.25) is 0 Å². The van der Waals surface area contributed by atoms with Crippen LogP contribution in [0.15, 0.2) is 28.0 Å². The van der Waals surface area contributed by atoms with Crippen LogP contribution < -0.4 is 10.1 Å². The van der Waals surface area contributed by atoms with E-state index in [-0.39, 0.29) is 21.6 Å². The van der Waals surface area contributed by atoms with Crippen molar-refractivity contribution in [2.75, 3.05) is 26.1 Å². The zero-order valence-electron chi connectivity index (χ0n) is 11.9. The van der Waals surface area contributed by atoms with E-state index in [9.17, 15) is 16.8 Å². The Morgan fingerprint density at radius 2 is 1.75 bits per heavy atom. The summed E-state index contributed by atoms with van der Waals surface area (Å²) in [5.74, 6) is 0.155. The Morgan fingerprint density at radius 3 is 2.20 bits per heavy atom.